The summed E-state index contributed by atoms with van der Waals surface area (Å²) in [5.41, 5.74) is 4.32. The number of rotatable bonds is 1. The molecule has 25 heavy (non-hydrogen) atoms. The molecule has 3 aromatic heterocycles. The van der Waals surface area contributed by atoms with Crippen molar-refractivity contribution in [1.29, 1.82) is 0 Å². The van der Waals surface area contributed by atoms with E-state index in [-0.39, 0.29) is 11.3 Å². The van der Waals surface area contributed by atoms with E-state index < -0.39 is 5.82 Å². The summed E-state index contributed by atoms with van der Waals surface area (Å²) < 4.78 is 16.2. The number of nitrogens with zero attached hydrogens (tertiary/aromatic N) is 5. The van der Waals surface area contributed by atoms with E-state index in [1.165, 1.54) is 18.5 Å². The van der Waals surface area contributed by atoms with Gasteiger partial charge in [-0.2, -0.15) is 5.10 Å². The molecule has 0 aliphatic carbocycles. The molecule has 1 N–H and O–H groups in total. The third-order valence-electron chi connectivity index (χ3n) is 4.20. The van der Waals surface area contributed by atoms with Gasteiger partial charge in [-0.05, 0) is 24.3 Å². The lowest BCUT2D eigenvalue weighted by molar-refractivity contribution is 0.469. The number of halogens is 1. The maximum Gasteiger partial charge on any atom is 0.137 e. The highest BCUT2D eigenvalue weighted by molar-refractivity contribution is 6.20. The highest BCUT2D eigenvalue weighted by atomic mass is 19.1. The van der Waals surface area contributed by atoms with Crippen LogP contribution in [-0.4, -0.2) is 30.4 Å². The van der Waals surface area contributed by atoms with Gasteiger partial charge in [0.25, 0.3) is 0 Å². The fourth-order valence-electron chi connectivity index (χ4n) is 3.10. The van der Waals surface area contributed by atoms with Crippen LogP contribution in [0.1, 0.15) is 11.1 Å². The molecule has 1 aliphatic rings. The van der Waals surface area contributed by atoms with Gasteiger partial charge in [-0.25, -0.2) is 18.9 Å². The lowest BCUT2D eigenvalue weighted by Gasteiger charge is -2.07. The molecule has 6 nitrogen and oxygen atoms in total. The van der Waals surface area contributed by atoms with Crippen LogP contribution in [0, 0.1) is 5.82 Å². The number of fused-ring (bicyclic) bond motifs is 2. The number of aromatic hydroxyl groups is 1. The van der Waals surface area contributed by atoms with Gasteiger partial charge in [0.05, 0.1) is 17.6 Å². The number of aliphatic imine (C=N–C) groups is 1. The van der Waals surface area contributed by atoms with Crippen molar-refractivity contribution in [1.82, 2.24) is 19.6 Å². The molecule has 0 fully saturated rings. The molecule has 5 rings (SSSR count). The van der Waals surface area contributed by atoms with E-state index in [9.17, 15) is 9.50 Å². The summed E-state index contributed by atoms with van der Waals surface area (Å²) in [5, 5.41) is 13.7. The first-order valence-corrected chi connectivity index (χ1v) is 7.57. The van der Waals surface area contributed by atoms with Crippen molar-refractivity contribution >= 4 is 16.9 Å². The van der Waals surface area contributed by atoms with Crippen LogP contribution in [0.25, 0.3) is 16.8 Å². The number of aromatic nitrogens is 4. The zero-order chi connectivity index (χ0) is 17.0. The van der Waals surface area contributed by atoms with E-state index in [1.54, 1.807) is 23.1 Å². The average Bonchev–Trinajstić information content (AvgIpc) is 2.98. The maximum atomic E-state index is 14.5. The summed E-state index contributed by atoms with van der Waals surface area (Å²) in [6.45, 7) is 0. The van der Waals surface area contributed by atoms with Gasteiger partial charge in [0.15, 0.2) is 0 Å². The number of hydrogen-bond donors (Lipinski definition) is 1. The summed E-state index contributed by atoms with van der Waals surface area (Å²) in [6.07, 6.45) is 6.55. The van der Waals surface area contributed by atoms with Crippen molar-refractivity contribution < 1.29 is 9.50 Å². The quantitative estimate of drug-likeness (QED) is 0.512. The second-order valence-corrected chi connectivity index (χ2v) is 5.65. The summed E-state index contributed by atoms with van der Waals surface area (Å²) in [4.78, 5) is 13.2. The van der Waals surface area contributed by atoms with Crippen molar-refractivity contribution in [3.8, 4) is 17.0 Å². The smallest absolute Gasteiger partial charge is 0.137 e. The number of phenolic OH excluding ortho intramolecular Hbond substituents is 1. The predicted molar refractivity (Wildman–Crippen MR) is 89.6 cm³/mol. The van der Waals surface area contributed by atoms with Crippen LogP contribution >= 0.6 is 0 Å². The van der Waals surface area contributed by atoms with Gasteiger partial charge in [0, 0.05) is 35.2 Å². The fraction of sp³-hybridized carbons (Fsp3) is 0. The highest BCUT2D eigenvalue weighted by Crippen LogP contribution is 2.37. The normalized spacial score (nSPS) is 12.6. The van der Waals surface area contributed by atoms with Gasteiger partial charge in [0.2, 0.25) is 0 Å². The number of hydrogen-bond acceptors (Lipinski definition) is 5. The van der Waals surface area contributed by atoms with Crippen LogP contribution in [0.15, 0.2) is 60.2 Å². The van der Waals surface area contributed by atoms with E-state index in [1.807, 2.05) is 12.1 Å². The first-order valence-electron chi connectivity index (χ1n) is 7.57. The molecule has 4 aromatic rings. The minimum Gasteiger partial charge on any atom is -0.508 e. The van der Waals surface area contributed by atoms with Crippen molar-refractivity contribution in [3.63, 3.8) is 0 Å². The number of benzene rings is 1. The van der Waals surface area contributed by atoms with Crippen LogP contribution < -0.4 is 0 Å². The van der Waals surface area contributed by atoms with Crippen molar-refractivity contribution in [2.75, 3.05) is 0 Å². The Morgan fingerprint density at radius 1 is 1.04 bits per heavy atom. The minimum atomic E-state index is -0.552. The summed E-state index contributed by atoms with van der Waals surface area (Å²) in [7, 11) is 0. The van der Waals surface area contributed by atoms with Crippen LogP contribution in [0.2, 0.25) is 0 Å². The Balaban J connectivity index is 1.92. The third kappa shape index (κ3) is 1.96. The Morgan fingerprint density at radius 2 is 1.96 bits per heavy atom. The molecule has 0 atom stereocenters. The average molecular weight is 331 g/mol. The number of phenols is 1. The van der Waals surface area contributed by atoms with E-state index in [4.69, 9.17) is 0 Å². The Morgan fingerprint density at radius 3 is 2.84 bits per heavy atom. The SMILES string of the molecule is Oc1ccc(C2=Nc3cnccc3-c3ncnn4ccc2c34)c(F)c1. The van der Waals surface area contributed by atoms with Crippen LogP contribution in [0.3, 0.4) is 0 Å². The predicted octanol–water partition coefficient (Wildman–Crippen LogP) is 3.12. The molecule has 0 radical (unpaired) electrons. The molecular weight excluding hydrogens is 321 g/mol. The monoisotopic (exact) mass is 331 g/mol. The molecule has 4 heterocycles. The van der Waals surface area contributed by atoms with Gasteiger partial charge in [0.1, 0.15) is 29.1 Å². The van der Waals surface area contributed by atoms with Crippen LogP contribution in [0.4, 0.5) is 10.1 Å². The Kier molecular flexibility index (Phi) is 2.73. The van der Waals surface area contributed by atoms with Crippen molar-refractivity contribution in [2.45, 2.75) is 0 Å². The molecule has 1 aliphatic heterocycles. The van der Waals surface area contributed by atoms with Gasteiger partial charge in [-0.3, -0.25) is 4.98 Å². The van der Waals surface area contributed by atoms with Gasteiger partial charge in [-0.1, -0.05) is 0 Å². The highest BCUT2D eigenvalue weighted by Gasteiger charge is 2.24. The Hall–Kier alpha value is -3.61. The molecule has 7 heteroatoms. The summed E-state index contributed by atoms with van der Waals surface area (Å²) >= 11 is 0. The molecule has 0 spiro atoms. The van der Waals surface area contributed by atoms with Crippen molar-refractivity contribution in [2.24, 2.45) is 4.99 Å². The lowest BCUT2D eigenvalue weighted by atomic mass is 10.0. The van der Waals surface area contributed by atoms with E-state index in [2.05, 4.69) is 20.1 Å². The van der Waals surface area contributed by atoms with Crippen LogP contribution in [0.5, 0.6) is 5.75 Å². The van der Waals surface area contributed by atoms with Crippen molar-refractivity contribution in [3.05, 3.63) is 72.2 Å². The van der Waals surface area contributed by atoms with Crippen LogP contribution in [-0.2, 0) is 0 Å². The largest absolute Gasteiger partial charge is 0.508 e. The first kappa shape index (κ1) is 13.8. The van der Waals surface area contributed by atoms with Gasteiger partial charge < -0.3 is 5.11 Å². The summed E-state index contributed by atoms with van der Waals surface area (Å²) in [5.74, 6) is -0.688. The molecule has 120 valence electrons. The van der Waals surface area contributed by atoms with E-state index >= 15 is 0 Å². The third-order valence-corrected chi connectivity index (χ3v) is 4.20. The second-order valence-electron chi connectivity index (χ2n) is 5.65. The topological polar surface area (TPSA) is 75.7 Å². The zero-order valence-electron chi connectivity index (χ0n) is 12.8. The zero-order valence-corrected chi connectivity index (χ0v) is 12.8. The lowest BCUT2D eigenvalue weighted by Crippen LogP contribution is -2.05. The van der Waals surface area contributed by atoms with Gasteiger partial charge in [-0.15, -0.1) is 0 Å². The minimum absolute atomic E-state index is 0.136. The van der Waals surface area contributed by atoms with E-state index in [0.29, 0.717) is 17.1 Å². The molecular formula is C18H10FN5O. The Labute approximate surface area is 141 Å². The molecule has 0 amide bonds. The maximum absolute atomic E-state index is 14.5. The second kappa shape index (κ2) is 4.94. The molecule has 0 saturated carbocycles. The first-order chi connectivity index (χ1) is 12.2. The number of pyridine rings is 1. The molecule has 0 bridgehead atoms. The standard InChI is InChI=1S/C18H10FN5O/c19-14-7-10(25)1-2-11(14)16-13-4-6-24-18(13)17(21-9-22-24)12-3-5-20-8-15(12)23-16/h1-9,25H. The van der Waals surface area contributed by atoms with E-state index in [0.717, 1.165) is 22.7 Å². The Bertz CT molecular complexity index is 1180. The molecule has 0 unspecified atom stereocenters. The molecule has 1 aromatic carbocycles. The molecule has 0 saturated heterocycles. The summed E-state index contributed by atoms with van der Waals surface area (Å²) in [6, 6.07) is 7.68. The van der Waals surface area contributed by atoms with Gasteiger partial charge >= 0.3 is 0 Å². The fourth-order valence-corrected chi connectivity index (χ4v) is 3.10.